The molecule has 0 saturated heterocycles. The minimum Gasteiger partial charge on any atom is -0.398 e. The highest BCUT2D eigenvalue weighted by molar-refractivity contribution is 7.99. The van der Waals surface area contributed by atoms with Crippen molar-refractivity contribution >= 4 is 17.4 Å². The second-order valence-electron chi connectivity index (χ2n) is 4.40. The Morgan fingerprint density at radius 2 is 2.06 bits per heavy atom. The van der Waals surface area contributed by atoms with Crippen LogP contribution in [0, 0.1) is 5.82 Å². The second-order valence-corrected chi connectivity index (χ2v) is 5.42. The molecule has 1 aromatic rings. The number of thioether (sulfide) groups is 1. The lowest BCUT2D eigenvalue weighted by atomic mass is 10.1. The van der Waals surface area contributed by atoms with Gasteiger partial charge in [0, 0.05) is 16.3 Å². The van der Waals surface area contributed by atoms with Crippen LogP contribution in [0.2, 0.25) is 0 Å². The van der Waals surface area contributed by atoms with Crippen molar-refractivity contribution in [3.63, 3.8) is 0 Å². The van der Waals surface area contributed by atoms with Gasteiger partial charge in [-0.15, -0.1) is 11.8 Å². The van der Waals surface area contributed by atoms with Gasteiger partial charge in [0.05, 0.1) is 5.60 Å². The maximum atomic E-state index is 13.0. The van der Waals surface area contributed by atoms with Crippen LogP contribution >= 0.6 is 11.8 Å². The van der Waals surface area contributed by atoms with Crippen molar-refractivity contribution in [1.29, 1.82) is 0 Å². The molecule has 0 radical (unpaired) electrons. The summed E-state index contributed by atoms with van der Waals surface area (Å²) in [6, 6.07) is 4.35. The fourth-order valence-electron chi connectivity index (χ4n) is 2.02. The van der Waals surface area contributed by atoms with Crippen LogP contribution in [0.5, 0.6) is 0 Å². The van der Waals surface area contributed by atoms with Gasteiger partial charge in [-0.3, -0.25) is 0 Å². The fourth-order valence-corrected chi connectivity index (χ4v) is 3.17. The minimum absolute atomic E-state index is 0.282. The molecule has 4 heteroatoms. The number of anilines is 1. The average Bonchev–Trinajstić information content (AvgIpc) is 2.67. The molecule has 1 fully saturated rings. The Bertz CT molecular complexity index is 377. The predicted molar refractivity (Wildman–Crippen MR) is 65.0 cm³/mol. The van der Waals surface area contributed by atoms with Gasteiger partial charge >= 0.3 is 0 Å². The number of benzene rings is 1. The first-order valence-electron chi connectivity index (χ1n) is 5.49. The van der Waals surface area contributed by atoms with E-state index in [-0.39, 0.29) is 5.82 Å². The molecule has 2 nitrogen and oxygen atoms in total. The summed E-state index contributed by atoms with van der Waals surface area (Å²) in [4.78, 5) is 0.723. The van der Waals surface area contributed by atoms with E-state index < -0.39 is 5.60 Å². The van der Waals surface area contributed by atoms with E-state index in [2.05, 4.69) is 0 Å². The Morgan fingerprint density at radius 3 is 2.75 bits per heavy atom. The lowest BCUT2D eigenvalue weighted by Gasteiger charge is -2.21. The number of rotatable bonds is 3. The molecule has 0 unspecified atom stereocenters. The third-order valence-corrected chi connectivity index (χ3v) is 4.35. The monoisotopic (exact) mass is 241 g/mol. The van der Waals surface area contributed by atoms with Gasteiger partial charge in [0.25, 0.3) is 0 Å². The van der Waals surface area contributed by atoms with Crippen molar-refractivity contribution in [2.24, 2.45) is 0 Å². The highest BCUT2D eigenvalue weighted by Crippen LogP contribution is 2.36. The van der Waals surface area contributed by atoms with Crippen LogP contribution in [-0.2, 0) is 0 Å². The lowest BCUT2D eigenvalue weighted by Crippen LogP contribution is -2.27. The average molecular weight is 241 g/mol. The Kier molecular flexibility index (Phi) is 3.40. The molecule has 0 aromatic heterocycles. The van der Waals surface area contributed by atoms with Crippen LogP contribution < -0.4 is 5.73 Å². The molecule has 16 heavy (non-hydrogen) atoms. The van der Waals surface area contributed by atoms with Crippen LogP contribution in [0.15, 0.2) is 23.1 Å². The van der Waals surface area contributed by atoms with E-state index in [0.29, 0.717) is 11.4 Å². The van der Waals surface area contributed by atoms with Crippen molar-refractivity contribution in [3.05, 3.63) is 24.0 Å². The Morgan fingerprint density at radius 1 is 1.38 bits per heavy atom. The Hall–Kier alpha value is -0.740. The van der Waals surface area contributed by atoms with Crippen molar-refractivity contribution in [2.75, 3.05) is 11.5 Å². The summed E-state index contributed by atoms with van der Waals surface area (Å²) in [6.07, 6.45) is 3.84. The summed E-state index contributed by atoms with van der Waals surface area (Å²) < 4.78 is 13.0. The molecule has 2 rings (SSSR count). The third-order valence-electron chi connectivity index (χ3n) is 3.01. The molecule has 88 valence electrons. The van der Waals surface area contributed by atoms with Gasteiger partial charge in [-0.2, -0.15) is 0 Å². The van der Waals surface area contributed by atoms with Gasteiger partial charge in [-0.1, -0.05) is 12.8 Å². The van der Waals surface area contributed by atoms with Gasteiger partial charge in [-0.05, 0) is 31.0 Å². The molecule has 0 bridgehead atoms. The molecule has 1 saturated carbocycles. The van der Waals surface area contributed by atoms with Crippen molar-refractivity contribution < 1.29 is 9.50 Å². The van der Waals surface area contributed by atoms with E-state index in [1.165, 1.54) is 23.9 Å². The lowest BCUT2D eigenvalue weighted by molar-refractivity contribution is 0.0733. The topological polar surface area (TPSA) is 46.2 Å². The van der Waals surface area contributed by atoms with Crippen LogP contribution in [0.4, 0.5) is 10.1 Å². The standard InChI is InChI=1S/C12H16FNOS/c13-9-3-4-10(14)11(7-9)16-8-12(15)5-1-2-6-12/h3-4,7,15H,1-2,5-6,8,14H2. The third kappa shape index (κ3) is 2.68. The molecule has 1 aromatic carbocycles. The summed E-state index contributed by atoms with van der Waals surface area (Å²) in [5.74, 6) is 0.316. The number of nitrogen functional groups attached to an aromatic ring is 1. The molecule has 0 aliphatic heterocycles. The van der Waals surface area contributed by atoms with E-state index >= 15 is 0 Å². The number of hydrogen-bond donors (Lipinski definition) is 2. The molecule has 0 spiro atoms. The van der Waals surface area contributed by atoms with Crippen LogP contribution in [0.1, 0.15) is 25.7 Å². The number of aliphatic hydroxyl groups is 1. The van der Waals surface area contributed by atoms with Crippen LogP contribution in [0.3, 0.4) is 0 Å². The first-order valence-corrected chi connectivity index (χ1v) is 6.48. The summed E-state index contributed by atoms with van der Waals surface area (Å²) in [6.45, 7) is 0. The summed E-state index contributed by atoms with van der Waals surface area (Å²) >= 11 is 1.44. The first-order chi connectivity index (χ1) is 7.59. The van der Waals surface area contributed by atoms with E-state index in [9.17, 15) is 9.50 Å². The predicted octanol–water partition coefficient (Wildman–Crippen LogP) is 2.81. The van der Waals surface area contributed by atoms with Gasteiger partial charge in [-0.25, -0.2) is 4.39 Å². The van der Waals surface area contributed by atoms with E-state index in [1.807, 2.05) is 0 Å². The molecule has 1 aliphatic carbocycles. The molecule has 3 N–H and O–H groups in total. The SMILES string of the molecule is Nc1ccc(F)cc1SCC1(O)CCCC1. The smallest absolute Gasteiger partial charge is 0.124 e. The van der Waals surface area contributed by atoms with Crippen molar-refractivity contribution in [1.82, 2.24) is 0 Å². The summed E-state index contributed by atoms with van der Waals surface area (Å²) in [5, 5.41) is 10.2. The van der Waals surface area contributed by atoms with Gasteiger partial charge < -0.3 is 10.8 Å². The molecule has 0 amide bonds. The van der Waals surface area contributed by atoms with E-state index in [1.54, 1.807) is 6.07 Å². The highest BCUT2D eigenvalue weighted by atomic mass is 32.2. The van der Waals surface area contributed by atoms with Gasteiger partial charge in [0.2, 0.25) is 0 Å². The normalized spacial score (nSPS) is 18.9. The molecular weight excluding hydrogens is 225 g/mol. The summed E-state index contributed by atoms with van der Waals surface area (Å²) in [5.41, 5.74) is 5.75. The highest BCUT2D eigenvalue weighted by Gasteiger charge is 2.31. The Labute approximate surface area is 99.0 Å². The summed E-state index contributed by atoms with van der Waals surface area (Å²) in [7, 11) is 0. The van der Waals surface area contributed by atoms with Crippen molar-refractivity contribution in [2.45, 2.75) is 36.2 Å². The maximum Gasteiger partial charge on any atom is 0.124 e. The maximum absolute atomic E-state index is 13.0. The molecule has 1 aliphatic rings. The zero-order valence-corrected chi connectivity index (χ0v) is 9.89. The fraction of sp³-hybridized carbons (Fsp3) is 0.500. The van der Waals surface area contributed by atoms with Crippen LogP contribution in [-0.4, -0.2) is 16.5 Å². The molecule has 0 atom stereocenters. The number of halogens is 1. The van der Waals surface area contributed by atoms with E-state index in [4.69, 9.17) is 5.73 Å². The van der Waals surface area contributed by atoms with Crippen LogP contribution in [0.25, 0.3) is 0 Å². The minimum atomic E-state index is -0.580. The number of nitrogens with two attached hydrogens (primary N) is 1. The molecular formula is C12H16FNOS. The first kappa shape index (κ1) is 11.7. The quantitative estimate of drug-likeness (QED) is 0.632. The van der Waals surface area contributed by atoms with Gasteiger partial charge in [0.1, 0.15) is 5.82 Å². The zero-order chi connectivity index (χ0) is 11.6. The zero-order valence-electron chi connectivity index (χ0n) is 9.08. The largest absolute Gasteiger partial charge is 0.398 e. The Balaban J connectivity index is 2.01. The molecule has 0 heterocycles. The van der Waals surface area contributed by atoms with Gasteiger partial charge in [0.15, 0.2) is 0 Å². The van der Waals surface area contributed by atoms with E-state index in [0.717, 1.165) is 30.6 Å². The second kappa shape index (κ2) is 4.63. The van der Waals surface area contributed by atoms with Crippen molar-refractivity contribution in [3.8, 4) is 0 Å². The number of hydrogen-bond acceptors (Lipinski definition) is 3.